The monoisotopic (exact) mass is 258 g/mol. The van der Waals surface area contributed by atoms with Crippen LogP contribution in [0.25, 0.3) is 21.3 Å². The summed E-state index contributed by atoms with van der Waals surface area (Å²) in [6, 6.07) is 10.7. The van der Waals surface area contributed by atoms with Crippen LogP contribution in [0.2, 0.25) is 0 Å². The summed E-state index contributed by atoms with van der Waals surface area (Å²) in [5.41, 5.74) is 7.38. The van der Waals surface area contributed by atoms with Gasteiger partial charge in [0, 0.05) is 22.9 Å². The fourth-order valence-electron chi connectivity index (χ4n) is 1.97. The van der Waals surface area contributed by atoms with Gasteiger partial charge in [0.15, 0.2) is 0 Å². The highest BCUT2D eigenvalue weighted by atomic mass is 32.1. The Bertz CT molecular complexity index is 706. The molecular formula is C14H11FN2S. The molecule has 0 unspecified atom stereocenters. The van der Waals surface area contributed by atoms with E-state index in [0.717, 1.165) is 21.7 Å². The topological polar surface area (TPSA) is 38.9 Å². The second kappa shape index (κ2) is 4.48. The van der Waals surface area contributed by atoms with Crippen LogP contribution in [-0.4, -0.2) is 4.98 Å². The Balaban J connectivity index is 2.26. The molecule has 0 atom stereocenters. The first-order chi connectivity index (χ1) is 8.79. The minimum absolute atomic E-state index is 0.204. The van der Waals surface area contributed by atoms with Gasteiger partial charge in [0.05, 0.1) is 5.69 Å². The van der Waals surface area contributed by atoms with Gasteiger partial charge in [-0.2, -0.15) is 0 Å². The van der Waals surface area contributed by atoms with Gasteiger partial charge in [-0.25, -0.2) is 9.37 Å². The number of hydrogen-bond donors (Lipinski definition) is 1. The smallest absolute Gasteiger partial charge is 0.131 e. The van der Waals surface area contributed by atoms with E-state index in [-0.39, 0.29) is 5.82 Å². The fraction of sp³-hybridized carbons (Fsp3) is 0.0714. The molecule has 4 heteroatoms. The standard InChI is InChI=1S/C14H11FN2S/c15-13-6-5-12(10-3-1-2-4-11(10)13)14-17-9(7-16)8-18-14/h1-6,8H,7,16H2. The van der Waals surface area contributed by atoms with Gasteiger partial charge in [0.2, 0.25) is 0 Å². The predicted octanol–water partition coefficient (Wildman–Crippen LogP) is 3.56. The van der Waals surface area contributed by atoms with Crippen molar-refractivity contribution in [1.82, 2.24) is 4.98 Å². The van der Waals surface area contributed by atoms with Crippen LogP contribution in [0.3, 0.4) is 0 Å². The molecule has 90 valence electrons. The highest BCUT2D eigenvalue weighted by molar-refractivity contribution is 7.13. The number of aromatic nitrogens is 1. The summed E-state index contributed by atoms with van der Waals surface area (Å²) in [6.45, 7) is 0.426. The van der Waals surface area contributed by atoms with Crippen LogP contribution in [0.1, 0.15) is 5.69 Å². The van der Waals surface area contributed by atoms with Crippen molar-refractivity contribution >= 4 is 22.1 Å². The lowest BCUT2D eigenvalue weighted by Gasteiger charge is -2.04. The molecule has 3 aromatic rings. The molecule has 18 heavy (non-hydrogen) atoms. The maximum atomic E-state index is 13.7. The summed E-state index contributed by atoms with van der Waals surface area (Å²) in [6.07, 6.45) is 0. The Labute approximate surface area is 108 Å². The molecule has 0 amide bonds. The number of nitrogens with zero attached hydrogens (tertiary/aromatic N) is 1. The molecule has 0 saturated heterocycles. The maximum absolute atomic E-state index is 13.7. The van der Waals surface area contributed by atoms with E-state index in [1.165, 1.54) is 17.4 Å². The third-order valence-electron chi connectivity index (χ3n) is 2.86. The summed E-state index contributed by atoms with van der Waals surface area (Å²) in [5, 5.41) is 4.33. The van der Waals surface area contributed by atoms with E-state index in [1.54, 1.807) is 12.1 Å². The SMILES string of the molecule is NCc1csc(-c2ccc(F)c3ccccc23)n1. The Hall–Kier alpha value is -1.78. The van der Waals surface area contributed by atoms with E-state index in [2.05, 4.69) is 4.98 Å². The minimum atomic E-state index is -0.204. The molecule has 0 radical (unpaired) electrons. The molecule has 0 spiro atoms. The molecule has 0 aliphatic rings. The molecule has 0 fully saturated rings. The number of benzene rings is 2. The van der Waals surface area contributed by atoms with E-state index in [4.69, 9.17) is 5.73 Å². The number of halogens is 1. The van der Waals surface area contributed by atoms with Crippen molar-refractivity contribution < 1.29 is 4.39 Å². The molecule has 2 N–H and O–H groups in total. The van der Waals surface area contributed by atoms with Crippen LogP contribution in [0.15, 0.2) is 41.8 Å². The van der Waals surface area contributed by atoms with Crippen LogP contribution in [0, 0.1) is 5.82 Å². The molecule has 0 bridgehead atoms. The average Bonchev–Trinajstić information content (AvgIpc) is 2.88. The van der Waals surface area contributed by atoms with Crippen LogP contribution >= 0.6 is 11.3 Å². The highest BCUT2D eigenvalue weighted by Gasteiger charge is 2.10. The number of rotatable bonds is 2. The summed E-state index contributed by atoms with van der Waals surface area (Å²) in [7, 11) is 0. The summed E-state index contributed by atoms with van der Waals surface area (Å²) >= 11 is 1.53. The Morgan fingerprint density at radius 1 is 1.11 bits per heavy atom. The maximum Gasteiger partial charge on any atom is 0.131 e. The van der Waals surface area contributed by atoms with Crippen molar-refractivity contribution in [1.29, 1.82) is 0 Å². The van der Waals surface area contributed by atoms with Gasteiger partial charge in [-0.1, -0.05) is 24.3 Å². The lowest BCUT2D eigenvalue weighted by atomic mass is 10.0. The van der Waals surface area contributed by atoms with Gasteiger partial charge in [0.25, 0.3) is 0 Å². The van der Waals surface area contributed by atoms with E-state index in [9.17, 15) is 4.39 Å². The van der Waals surface area contributed by atoms with Crippen LogP contribution in [0.5, 0.6) is 0 Å². The van der Waals surface area contributed by atoms with Crippen LogP contribution in [-0.2, 0) is 6.54 Å². The summed E-state index contributed by atoms with van der Waals surface area (Å²) in [5.74, 6) is -0.204. The molecule has 0 aliphatic carbocycles. The third-order valence-corrected chi connectivity index (χ3v) is 3.79. The largest absolute Gasteiger partial charge is 0.325 e. The Morgan fingerprint density at radius 2 is 1.89 bits per heavy atom. The molecule has 0 aliphatic heterocycles. The van der Waals surface area contributed by atoms with Gasteiger partial charge in [0.1, 0.15) is 10.8 Å². The number of thiazole rings is 1. The molecule has 0 saturated carbocycles. The molecule has 3 rings (SSSR count). The van der Waals surface area contributed by atoms with Crippen molar-refractivity contribution in [3.63, 3.8) is 0 Å². The van der Waals surface area contributed by atoms with Gasteiger partial charge in [-0.05, 0) is 17.5 Å². The molecular weight excluding hydrogens is 247 g/mol. The second-order valence-electron chi connectivity index (χ2n) is 3.99. The van der Waals surface area contributed by atoms with E-state index in [0.29, 0.717) is 11.9 Å². The van der Waals surface area contributed by atoms with Gasteiger partial charge in [-0.3, -0.25) is 0 Å². The van der Waals surface area contributed by atoms with Crippen molar-refractivity contribution in [2.75, 3.05) is 0 Å². The quantitative estimate of drug-likeness (QED) is 0.763. The fourth-order valence-corrected chi connectivity index (χ4v) is 2.84. The first kappa shape index (κ1) is 11.3. The average molecular weight is 258 g/mol. The van der Waals surface area contributed by atoms with Gasteiger partial charge in [-0.15, -0.1) is 11.3 Å². The Morgan fingerprint density at radius 3 is 2.61 bits per heavy atom. The first-order valence-corrected chi connectivity index (χ1v) is 6.49. The zero-order valence-electron chi connectivity index (χ0n) is 9.56. The van der Waals surface area contributed by atoms with Crippen LogP contribution in [0.4, 0.5) is 4.39 Å². The van der Waals surface area contributed by atoms with Gasteiger partial charge >= 0.3 is 0 Å². The lowest BCUT2D eigenvalue weighted by molar-refractivity contribution is 0.640. The van der Waals surface area contributed by atoms with Crippen molar-refractivity contribution in [2.45, 2.75) is 6.54 Å². The summed E-state index contributed by atoms with van der Waals surface area (Å²) in [4.78, 5) is 4.45. The normalized spacial score (nSPS) is 11.0. The highest BCUT2D eigenvalue weighted by Crippen LogP contribution is 2.32. The van der Waals surface area contributed by atoms with E-state index < -0.39 is 0 Å². The van der Waals surface area contributed by atoms with Crippen molar-refractivity contribution in [2.24, 2.45) is 5.73 Å². The number of nitrogens with two attached hydrogens (primary N) is 1. The third kappa shape index (κ3) is 1.79. The molecule has 1 aromatic heterocycles. The molecule has 2 nitrogen and oxygen atoms in total. The van der Waals surface area contributed by atoms with E-state index in [1.807, 2.05) is 23.6 Å². The zero-order chi connectivity index (χ0) is 12.5. The van der Waals surface area contributed by atoms with Gasteiger partial charge < -0.3 is 5.73 Å². The zero-order valence-corrected chi connectivity index (χ0v) is 10.4. The second-order valence-corrected chi connectivity index (χ2v) is 4.85. The van der Waals surface area contributed by atoms with Crippen LogP contribution < -0.4 is 5.73 Å². The predicted molar refractivity (Wildman–Crippen MR) is 72.9 cm³/mol. The van der Waals surface area contributed by atoms with E-state index >= 15 is 0 Å². The minimum Gasteiger partial charge on any atom is -0.325 e. The molecule has 1 heterocycles. The number of fused-ring (bicyclic) bond motifs is 1. The number of hydrogen-bond acceptors (Lipinski definition) is 3. The van der Waals surface area contributed by atoms with Crippen molar-refractivity contribution in [3.8, 4) is 10.6 Å². The summed E-state index contributed by atoms with van der Waals surface area (Å²) < 4.78 is 13.7. The first-order valence-electron chi connectivity index (χ1n) is 5.61. The molecule has 2 aromatic carbocycles. The Kier molecular flexibility index (Phi) is 2.81. The lowest BCUT2D eigenvalue weighted by Crippen LogP contribution is -1.95. The van der Waals surface area contributed by atoms with Crippen molar-refractivity contribution in [3.05, 3.63) is 53.3 Å².